The van der Waals surface area contributed by atoms with Gasteiger partial charge in [0.1, 0.15) is 12.2 Å². The molecule has 2 unspecified atom stereocenters. The van der Waals surface area contributed by atoms with Crippen molar-refractivity contribution in [2.75, 3.05) is 32.2 Å². The maximum Gasteiger partial charge on any atom is 0.102 e. The molecule has 1 aliphatic rings. The standard InChI is InChI=1S/C13H17BrClNO2/c1-17-12-7-16(8-13(12)18-2)11-5-10(15)4-3-9(11)6-14/h3-5,12-13H,6-8H2,1-2H3. The highest BCUT2D eigenvalue weighted by Gasteiger charge is 2.33. The quantitative estimate of drug-likeness (QED) is 0.790. The smallest absolute Gasteiger partial charge is 0.102 e. The number of alkyl halides is 1. The summed E-state index contributed by atoms with van der Waals surface area (Å²) in [5, 5.41) is 1.57. The van der Waals surface area contributed by atoms with Gasteiger partial charge in [0.15, 0.2) is 0 Å². The molecule has 0 amide bonds. The molecule has 1 saturated heterocycles. The van der Waals surface area contributed by atoms with E-state index in [0.717, 1.165) is 29.1 Å². The first-order chi connectivity index (χ1) is 8.69. The van der Waals surface area contributed by atoms with Crippen LogP contribution in [-0.2, 0) is 14.8 Å². The summed E-state index contributed by atoms with van der Waals surface area (Å²) in [5.74, 6) is 0. The molecule has 1 aliphatic heterocycles. The molecule has 0 bridgehead atoms. The van der Waals surface area contributed by atoms with Crippen LogP contribution < -0.4 is 4.90 Å². The van der Waals surface area contributed by atoms with Crippen LogP contribution in [0.1, 0.15) is 5.56 Å². The lowest BCUT2D eigenvalue weighted by atomic mass is 10.2. The van der Waals surface area contributed by atoms with Crippen molar-refractivity contribution in [1.82, 2.24) is 0 Å². The van der Waals surface area contributed by atoms with Gasteiger partial charge in [0.2, 0.25) is 0 Å². The molecular formula is C13H17BrClNO2. The number of anilines is 1. The minimum Gasteiger partial charge on any atom is -0.377 e. The first-order valence-electron chi connectivity index (χ1n) is 5.84. The molecule has 0 spiro atoms. The SMILES string of the molecule is COC1CN(c2cc(Cl)ccc2CBr)CC1OC. The van der Waals surface area contributed by atoms with Gasteiger partial charge in [0, 0.05) is 43.3 Å². The average molecular weight is 335 g/mol. The predicted octanol–water partition coefficient (Wildman–Crippen LogP) is 3.08. The van der Waals surface area contributed by atoms with E-state index in [1.807, 2.05) is 18.2 Å². The molecule has 3 nitrogen and oxygen atoms in total. The number of rotatable bonds is 4. The molecule has 0 N–H and O–H groups in total. The van der Waals surface area contributed by atoms with Crippen LogP contribution in [-0.4, -0.2) is 39.5 Å². The highest BCUT2D eigenvalue weighted by Crippen LogP contribution is 2.30. The molecule has 1 aromatic carbocycles. The molecule has 0 radical (unpaired) electrons. The second-order valence-electron chi connectivity index (χ2n) is 4.36. The van der Waals surface area contributed by atoms with Gasteiger partial charge in [-0.1, -0.05) is 33.6 Å². The molecule has 5 heteroatoms. The molecule has 1 fully saturated rings. The number of halogens is 2. The van der Waals surface area contributed by atoms with Gasteiger partial charge in [-0.3, -0.25) is 0 Å². The normalized spacial score (nSPS) is 23.7. The minimum atomic E-state index is 0.108. The number of benzene rings is 1. The van der Waals surface area contributed by atoms with E-state index < -0.39 is 0 Å². The van der Waals surface area contributed by atoms with Crippen molar-refractivity contribution in [1.29, 1.82) is 0 Å². The molecule has 0 saturated carbocycles. The molecule has 1 aromatic rings. The molecule has 0 aliphatic carbocycles. The van der Waals surface area contributed by atoms with Crippen molar-refractivity contribution in [2.45, 2.75) is 17.5 Å². The van der Waals surface area contributed by atoms with Crippen LogP contribution in [0.4, 0.5) is 5.69 Å². The molecule has 0 aromatic heterocycles. The zero-order valence-electron chi connectivity index (χ0n) is 10.5. The highest BCUT2D eigenvalue weighted by atomic mass is 79.9. The van der Waals surface area contributed by atoms with Crippen LogP contribution in [0.15, 0.2) is 18.2 Å². The lowest BCUT2D eigenvalue weighted by Crippen LogP contribution is -2.27. The van der Waals surface area contributed by atoms with E-state index in [9.17, 15) is 0 Å². The fraction of sp³-hybridized carbons (Fsp3) is 0.538. The van der Waals surface area contributed by atoms with Crippen molar-refractivity contribution in [2.24, 2.45) is 0 Å². The molecule has 2 atom stereocenters. The van der Waals surface area contributed by atoms with Crippen LogP contribution in [0.5, 0.6) is 0 Å². The van der Waals surface area contributed by atoms with Gasteiger partial charge in [-0.05, 0) is 17.7 Å². The fourth-order valence-electron chi connectivity index (χ4n) is 2.34. The number of ether oxygens (including phenoxy) is 2. The number of methoxy groups -OCH3 is 2. The number of hydrogen-bond acceptors (Lipinski definition) is 3. The van der Waals surface area contributed by atoms with Crippen molar-refractivity contribution in [3.05, 3.63) is 28.8 Å². The molecule has 1 heterocycles. The Kier molecular flexibility index (Phi) is 4.90. The van der Waals surface area contributed by atoms with Gasteiger partial charge >= 0.3 is 0 Å². The second-order valence-corrected chi connectivity index (χ2v) is 5.36. The maximum absolute atomic E-state index is 6.09. The second kappa shape index (κ2) is 6.24. The summed E-state index contributed by atoms with van der Waals surface area (Å²) in [7, 11) is 3.45. The third-order valence-electron chi connectivity index (χ3n) is 3.35. The van der Waals surface area contributed by atoms with Crippen LogP contribution >= 0.6 is 27.5 Å². The summed E-state index contributed by atoms with van der Waals surface area (Å²) < 4.78 is 10.9. The summed E-state index contributed by atoms with van der Waals surface area (Å²) in [5.41, 5.74) is 2.38. The van der Waals surface area contributed by atoms with Gasteiger partial charge in [-0.15, -0.1) is 0 Å². The van der Waals surface area contributed by atoms with E-state index in [1.54, 1.807) is 14.2 Å². The van der Waals surface area contributed by atoms with E-state index in [4.69, 9.17) is 21.1 Å². The summed E-state index contributed by atoms with van der Waals surface area (Å²) in [6.07, 6.45) is 0.217. The summed E-state index contributed by atoms with van der Waals surface area (Å²) in [6.45, 7) is 1.66. The van der Waals surface area contributed by atoms with Crippen molar-refractivity contribution in [3.8, 4) is 0 Å². The zero-order valence-corrected chi connectivity index (χ0v) is 12.9. The van der Waals surface area contributed by atoms with E-state index in [0.29, 0.717) is 0 Å². The van der Waals surface area contributed by atoms with Crippen LogP contribution in [0, 0.1) is 0 Å². The van der Waals surface area contributed by atoms with Gasteiger partial charge in [-0.2, -0.15) is 0 Å². The largest absolute Gasteiger partial charge is 0.377 e. The Morgan fingerprint density at radius 2 is 1.89 bits per heavy atom. The highest BCUT2D eigenvalue weighted by molar-refractivity contribution is 9.08. The molecule has 2 rings (SSSR count). The monoisotopic (exact) mass is 333 g/mol. The van der Waals surface area contributed by atoms with Gasteiger partial charge < -0.3 is 14.4 Å². The summed E-state index contributed by atoms with van der Waals surface area (Å²) in [4.78, 5) is 2.27. The predicted molar refractivity (Wildman–Crippen MR) is 77.9 cm³/mol. The van der Waals surface area contributed by atoms with Crippen molar-refractivity contribution >= 4 is 33.2 Å². The van der Waals surface area contributed by atoms with E-state index in [1.165, 1.54) is 5.56 Å². The average Bonchev–Trinajstić information content (AvgIpc) is 2.81. The Balaban J connectivity index is 2.24. The van der Waals surface area contributed by atoms with Crippen molar-refractivity contribution in [3.63, 3.8) is 0 Å². The Morgan fingerprint density at radius 1 is 1.28 bits per heavy atom. The fourth-order valence-corrected chi connectivity index (χ4v) is 2.98. The Labute approximate surface area is 121 Å². The van der Waals surface area contributed by atoms with Crippen LogP contribution in [0.3, 0.4) is 0 Å². The van der Waals surface area contributed by atoms with Gasteiger partial charge in [-0.25, -0.2) is 0 Å². The Hall–Kier alpha value is -0.290. The summed E-state index contributed by atoms with van der Waals surface area (Å²) >= 11 is 9.60. The number of hydrogen-bond donors (Lipinski definition) is 0. The minimum absolute atomic E-state index is 0.108. The zero-order chi connectivity index (χ0) is 13.1. The first kappa shape index (κ1) is 14.1. The summed E-state index contributed by atoms with van der Waals surface area (Å²) in [6, 6.07) is 5.97. The Bertz CT molecular complexity index is 404. The topological polar surface area (TPSA) is 21.7 Å². The van der Waals surface area contributed by atoms with Crippen LogP contribution in [0.25, 0.3) is 0 Å². The Morgan fingerprint density at radius 3 is 2.39 bits per heavy atom. The maximum atomic E-state index is 6.09. The lowest BCUT2D eigenvalue weighted by molar-refractivity contribution is -0.00461. The molecular weight excluding hydrogens is 318 g/mol. The number of nitrogens with zero attached hydrogens (tertiary/aromatic N) is 1. The lowest BCUT2D eigenvalue weighted by Gasteiger charge is -2.21. The van der Waals surface area contributed by atoms with Gasteiger partial charge in [0.25, 0.3) is 0 Å². The van der Waals surface area contributed by atoms with Crippen molar-refractivity contribution < 1.29 is 9.47 Å². The first-order valence-corrected chi connectivity index (χ1v) is 7.34. The van der Waals surface area contributed by atoms with E-state index in [-0.39, 0.29) is 12.2 Å². The van der Waals surface area contributed by atoms with E-state index >= 15 is 0 Å². The van der Waals surface area contributed by atoms with Crippen LogP contribution in [0.2, 0.25) is 5.02 Å². The molecule has 100 valence electrons. The molecule has 18 heavy (non-hydrogen) atoms. The van der Waals surface area contributed by atoms with E-state index in [2.05, 4.69) is 20.8 Å². The van der Waals surface area contributed by atoms with Gasteiger partial charge in [0.05, 0.1) is 0 Å². The third-order valence-corrected chi connectivity index (χ3v) is 4.19. The third kappa shape index (κ3) is 2.82.